The number of hydrogen-bond acceptors (Lipinski definition) is 4. The summed E-state index contributed by atoms with van der Waals surface area (Å²) < 4.78 is 28.5. The lowest BCUT2D eigenvalue weighted by atomic mass is 10.3. The van der Waals surface area contributed by atoms with Gasteiger partial charge in [0.1, 0.15) is 11.6 Å². The second-order valence-electron chi connectivity index (χ2n) is 4.60. The highest BCUT2D eigenvalue weighted by atomic mass is 32.2. The van der Waals surface area contributed by atoms with Gasteiger partial charge in [0.15, 0.2) is 5.03 Å². The molecule has 0 aliphatic heterocycles. The van der Waals surface area contributed by atoms with Crippen LogP contribution in [0.1, 0.15) is 19.7 Å². The number of aryl methyl sites for hydroxylation is 2. The van der Waals surface area contributed by atoms with Crippen molar-refractivity contribution in [3.05, 3.63) is 36.3 Å². The van der Waals surface area contributed by atoms with Gasteiger partial charge in [0.2, 0.25) is 0 Å². The number of rotatable bonds is 5. The maximum absolute atomic E-state index is 12.7. The van der Waals surface area contributed by atoms with Crippen LogP contribution in [0.25, 0.3) is 0 Å². The third-order valence-electron chi connectivity index (χ3n) is 3.25. The number of nitrogens with zero attached hydrogens (tertiary/aromatic N) is 3. The molecule has 1 N–H and O–H groups in total. The van der Waals surface area contributed by atoms with E-state index in [4.69, 9.17) is 0 Å². The number of aromatic hydroxyl groups is 1. The van der Waals surface area contributed by atoms with Gasteiger partial charge in [-0.2, -0.15) is 8.42 Å². The Bertz CT molecular complexity index is 738. The van der Waals surface area contributed by atoms with E-state index < -0.39 is 10.0 Å². The number of phenols is 1. The quantitative estimate of drug-likeness (QED) is 0.918. The summed E-state index contributed by atoms with van der Waals surface area (Å²) >= 11 is 0. The fraction of sp³-hybridized carbons (Fsp3) is 0.357. The minimum absolute atomic E-state index is 0.0204. The first-order chi connectivity index (χ1) is 9.90. The van der Waals surface area contributed by atoms with Crippen LogP contribution in [0.4, 0.5) is 5.69 Å². The lowest BCUT2D eigenvalue weighted by Gasteiger charge is -2.21. The van der Waals surface area contributed by atoms with Crippen molar-refractivity contribution in [1.82, 2.24) is 9.55 Å². The van der Waals surface area contributed by atoms with Crippen LogP contribution in [0.5, 0.6) is 5.75 Å². The predicted octanol–water partition coefficient (Wildman–Crippen LogP) is 2.13. The number of sulfonamides is 1. The monoisotopic (exact) mass is 309 g/mol. The van der Waals surface area contributed by atoms with Crippen molar-refractivity contribution < 1.29 is 13.5 Å². The van der Waals surface area contributed by atoms with E-state index in [9.17, 15) is 13.5 Å². The molecule has 0 atom stereocenters. The normalized spacial score (nSPS) is 11.6. The molecule has 1 aromatic carbocycles. The highest BCUT2D eigenvalue weighted by Crippen LogP contribution is 2.25. The minimum Gasteiger partial charge on any atom is -0.508 e. The van der Waals surface area contributed by atoms with Gasteiger partial charge in [-0.15, -0.1) is 0 Å². The molecule has 7 heteroatoms. The zero-order valence-electron chi connectivity index (χ0n) is 12.3. The Labute approximate surface area is 124 Å². The molecule has 1 heterocycles. The maximum Gasteiger partial charge on any atom is 0.283 e. The first kappa shape index (κ1) is 15.4. The molecule has 114 valence electrons. The summed E-state index contributed by atoms with van der Waals surface area (Å²) in [5, 5.41) is 9.56. The zero-order valence-corrected chi connectivity index (χ0v) is 13.1. The lowest BCUT2D eigenvalue weighted by molar-refractivity contribution is 0.475. The topological polar surface area (TPSA) is 75.4 Å². The Balaban J connectivity index is 2.49. The Morgan fingerprint density at radius 2 is 2.05 bits per heavy atom. The van der Waals surface area contributed by atoms with Crippen molar-refractivity contribution in [3.8, 4) is 5.75 Å². The van der Waals surface area contributed by atoms with Crippen molar-refractivity contribution in [1.29, 1.82) is 0 Å². The smallest absolute Gasteiger partial charge is 0.283 e. The highest BCUT2D eigenvalue weighted by Gasteiger charge is 2.27. The van der Waals surface area contributed by atoms with Gasteiger partial charge in [0.05, 0.1) is 5.69 Å². The van der Waals surface area contributed by atoms with Crippen LogP contribution in [0.15, 0.2) is 35.5 Å². The minimum atomic E-state index is -3.74. The van der Waals surface area contributed by atoms with Crippen LogP contribution < -0.4 is 4.31 Å². The third kappa shape index (κ3) is 2.87. The molecule has 0 spiro atoms. The van der Waals surface area contributed by atoms with Gasteiger partial charge < -0.3 is 9.67 Å². The number of benzene rings is 1. The van der Waals surface area contributed by atoms with E-state index in [2.05, 4.69) is 4.98 Å². The van der Waals surface area contributed by atoms with Crippen molar-refractivity contribution in [3.63, 3.8) is 0 Å². The Kier molecular flexibility index (Phi) is 4.22. The van der Waals surface area contributed by atoms with Crippen molar-refractivity contribution in [2.75, 3.05) is 10.8 Å². The average molecular weight is 309 g/mol. The maximum atomic E-state index is 12.7. The molecule has 0 saturated carbocycles. The average Bonchev–Trinajstić information content (AvgIpc) is 2.81. The molecule has 0 radical (unpaired) electrons. The van der Waals surface area contributed by atoms with Crippen LogP contribution in [0.2, 0.25) is 0 Å². The molecule has 0 saturated heterocycles. The van der Waals surface area contributed by atoms with Crippen LogP contribution in [-0.2, 0) is 16.6 Å². The van der Waals surface area contributed by atoms with E-state index in [1.807, 2.05) is 6.92 Å². The van der Waals surface area contributed by atoms with E-state index >= 15 is 0 Å². The van der Waals surface area contributed by atoms with Crippen molar-refractivity contribution in [2.24, 2.45) is 0 Å². The van der Waals surface area contributed by atoms with Gasteiger partial charge in [0.25, 0.3) is 10.0 Å². The van der Waals surface area contributed by atoms with Crippen LogP contribution >= 0.6 is 0 Å². The number of anilines is 1. The van der Waals surface area contributed by atoms with E-state index in [1.54, 1.807) is 30.5 Å². The number of aromatic nitrogens is 2. The van der Waals surface area contributed by atoms with E-state index in [0.717, 1.165) is 0 Å². The Hall–Kier alpha value is -2.02. The molecular formula is C14H19N3O3S. The fourth-order valence-electron chi connectivity index (χ4n) is 2.18. The summed E-state index contributed by atoms with van der Waals surface area (Å²) in [7, 11) is -3.74. The predicted molar refractivity (Wildman–Crippen MR) is 81.0 cm³/mol. The first-order valence-corrected chi connectivity index (χ1v) is 8.19. The molecule has 1 aromatic heterocycles. The molecule has 0 bridgehead atoms. The number of hydrogen-bond donors (Lipinski definition) is 1. The van der Waals surface area contributed by atoms with Crippen LogP contribution in [0.3, 0.4) is 0 Å². The second kappa shape index (κ2) is 5.77. The SMILES string of the molecule is CCN(c1cccc(O)c1)S(=O)(=O)c1cn(CC)c(C)n1. The van der Waals surface area contributed by atoms with Gasteiger partial charge in [-0.3, -0.25) is 4.31 Å². The molecule has 0 amide bonds. The number of imidazole rings is 1. The first-order valence-electron chi connectivity index (χ1n) is 6.75. The van der Waals surface area contributed by atoms with Gasteiger partial charge >= 0.3 is 0 Å². The van der Waals surface area contributed by atoms with Crippen molar-refractivity contribution >= 4 is 15.7 Å². The molecule has 2 rings (SSSR count). The summed E-state index contributed by atoms with van der Waals surface area (Å²) in [6.07, 6.45) is 1.54. The van der Waals surface area contributed by atoms with Gasteiger partial charge in [-0.1, -0.05) is 6.07 Å². The Morgan fingerprint density at radius 1 is 1.33 bits per heavy atom. The largest absolute Gasteiger partial charge is 0.508 e. The standard InChI is InChI=1S/C14H19N3O3S/c1-4-16-10-14(15-11(16)3)21(19,20)17(5-2)12-7-6-8-13(18)9-12/h6-10,18H,4-5H2,1-3H3. The summed E-state index contributed by atoms with van der Waals surface area (Å²) in [5.74, 6) is 0.680. The second-order valence-corrected chi connectivity index (χ2v) is 6.41. The van der Waals surface area contributed by atoms with Crippen LogP contribution in [0, 0.1) is 6.92 Å². The highest BCUT2D eigenvalue weighted by molar-refractivity contribution is 7.92. The molecular weight excluding hydrogens is 290 g/mol. The molecule has 0 unspecified atom stereocenters. The van der Waals surface area contributed by atoms with E-state index in [-0.39, 0.29) is 17.3 Å². The fourth-order valence-corrected chi connectivity index (χ4v) is 3.64. The van der Waals surface area contributed by atoms with Crippen LogP contribution in [-0.4, -0.2) is 29.6 Å². The van der Waals surface area contributed by atoms with Gasteiger partial charge in [-0.25, -0.2) is 4.98 Å². The molecule has 0 fully saturated rings. The number of phenolic OH excluding ortho intramolecular Hbond substituents is 1. The molecule has 0 aliphatic rings. The summed E-state index contributed by atoms with van der Waals surface area (Å²) in [5.41, 5.74) is 0.418. The van der Waals surface area contributed by atoms with E-state index in [0.29, 0.717) is 18.1 Å². The molecule has 21 heavy (non-hydrogen) atoms. The summed E-state index contributed by atoms with van der Waals surface area (Å²) in [4.78, 5) is 4.14. The molecule has 2 aromatic rings. The van der Waals surface area contributed by atoms with Crippen molar-refractivity contribution in [2.45, 2.75) is 32.3 Å². The summed E-state index contributed by atoms with van der Waals surface area (Å²) in [6, 6.07) is 6.17. The van der Waals surface area contributed by atoms with Gasteiger partial charge in [-0.05, 0) is 32.9 Å². The van der Waals surface area contributed by atoms with E-state index in [1.165, 1.54) is 22.6 Å². The summed E-state index contributed by atoms with van der Waals surface area (Å²) in [6.45, 7) is 6.35. The Morgan fingerprint density at radius 3 is 2.57 bits per heavy atom. The zero-order chi connectivity index (χ0) is 15.6. The molecule has 0 aliphatic carbocycles. The molecule has 6 nitrogen and oxygen atoms in total. The lowest BCUT2D eigenvalue weighted by Crippen LogP contribution is -2.31. The third-order valence-corrected chi connectivity index (χ3v) is 5.03. The van der Waals surface area contributed by atoms with Gasteiger partial charge in [0, 0.05) is 25.4 Å².